The Morgan fingerprint density at radius 3 is 2.45 bits per heavy atom. The largest absolute Gasteiger partial charge is 0.481 e. The molecular formula is C21H23ClN4O3. The molecule has 152 valence electrons. The third-order valence-electron chi connectivity index (χ3n) is 5.30. The molecule has 0 unspecified atom stereocenters. The lowest BCUT2D eigenvalue weighted by molar-refractivity contribution is -0.139. The first-order valence-electron chi connectivity index (χ1n) is 9.63. The van der Waals surface area contributed by atoms with Gasteiger partial charge in [-0.2, -0.15) is 0 Å². The second kappa shape index (κ2) is 7.93. The number of hydrazine groups is 1. The SMILES string of the molecule is C[C@@H](Oc1ccccc1)C(=O)N1CCC2(CC1)NC(=O)N(c1ccccc1Cl)N2. The Labute approximate surface area is 174 Å². The van der Waals surface area contributed by atoms with Gasteiger partial charge in [0.15, 0.2) is 6.10 Å². The lowest BCUT2D eigenvalue weighted by atomic mass is 9.97. The summed E-state index contributed by atoms with van der Waals surface area (Å²) >= 11 is 6.23. The molecule has 0 bridgehead atoms. The fourth-order valence-electron chi connectivity index (χ4n) is 3.71. The van der Waals surface area contributed by atoms with E-state index in [1.54, 1.807) is 24.0 Å². The summed E-state index contributed by atoms with van der Waals surface area (Å²) in [5, 5.41) is 4.96. The molecule has 0 aromatic heterocycles. The van der Waals surface area contributed by atoms with Crippen LogP contribution in [0.2, 0.25) is 5.02 Å². The Kier molecular flexibility index (Phi) is 5.34. The number of para-hydroxylation sites is 2. The van der Waals surface area contributed by atoms with Crippen molar-refractivity contribution < 1.29 is 14.3 Å². The molecule has 2 saturated heterocycles. The number of carbonyl (C=O) groups is 2. The van der Waals surface area contributed by atoms with Crippen LogP contribution in [0.15, 0.2) is 54.6 Å². The number of ether oxygens (including phenoxy) is 1. The monoisotopic (exact) mass is 414 g/mol. The van der Waals surface area contributed by atoms with E-state index in [4.69, 9.17) is 16.3 Å². The molecule has 3 amide bonds. The molecule has 2 aliphatic rings. The van der Waals surface area contributed by atoms with Gasteiger partial charge in [-0.1, -0.05) is 41.9 Å². The quantitative estimate of drug-likeness (QED) is 0.806. The van der Waals surface area contributed by atoms with Gasteiger partial charge in [0.1, 0.15) is 11.4 Å². The minimum absolute atomic E-state index is 0.0593. The van der Waals surface area contributed by atoms with Crippen molar-refractivity contribution in [2.24, 2.45) is 0 Å². The Hall–Kier alpha value is -2.77. The molecule has 2 aromatic rings. The molecule has 2 N–H and O–H groups in total. The van der Waals surface area contributed by atoms with Crippen molar-refractivity contribution in [2.45, 2.75) is 31.5 Å². The van der Waals surface area contributed by atoms with Crippen LogP contribution in [0.5, 0.6) is 5.75 Å². The van der Waals surface area contributed by atoms with Crippen LogP contribution in [0, 0.1) is 0 Å². The van der Waals surface area contributed by atoms with Crippen LogP contribution < -0.4 is 20.5 Å². The number of amides is 3. The number of rotatable bonds is 4. The first-order chi connectivity index (χ1) is 14.0. The number of nitrogens with zero attached hydrogens (tertiary/aromatic N) is 2. The normalized spacial score (nSPS) is 19.2. The average Bonchev–Trinajstić information content (AvgIpc) is 3.04. The number of nitrogens with one attached hydrogen (secondary N) is 2. The van der Waals surface area contributed by atoms with Crippen molar-refractivity contribution in [3.05, 3.63) is 59.6 Å². The summed E-state index contributed by atoms with van der Waals surface area (Å²) in [6, 6.07) is 16.2. The van der Waals surface area contributed by atoms with E-state index in [0.717, 1.165) is 0 Å². The highest BCUT2D eigenvalue weighted by Gasteiger charge is 2.46. The third-order valence-corrected chi connectivity index (χ3v) is 5.62. The summed E-state index contributed by atoms with van der Waals surface area (Å²) in [4.78, 5) is 27.1. The van der Waals surface area contributed by atoms with Gasteiger partial charge in [0.25, 0.3) is 5.91 Å². The highest BCUT2D eigenvalue weighted by atomic mass is 35.5. The van der Waals surface area contributed by atoms with Crippen molar-refractivity contribution >= 4 is 29.2 Å². The maximum Gasteiger partial charge on any atom is 0.338 e. The summed E-state index contributed by atoms with van der Waals surface area (Å²) in [6.45, 7) is 2.80. The number of halogens is 1. The van der Waals surface area contributed by atoms with E-state index >= 15 is 0 Å². The zero-order valence-corrected chi connectivity index (χ0v) is 16.9. The van der Waals surface area contributed by atoms with Gasteiger partial charge < -0.3 is 15.0 Å². The predicted molar refractivity (Wildman–Crippen MR) is 111 cm³/mol. The van der Waals surface area contributed by atoms with E-state index in [9.17, 15) is 9.59 Å². The van der Waals surface area contributed by atoms with Gasteiger partial charge in [-0.15, -0.1) is 0 Å². The Morgan fingerprint density at radius 2 is 1.76 bits per heavy atom. The first kappa shape index (κ1) is 19.5. The van der Waals surface area contributed by atoms with Crippen molar-refractivity contribution in [3.8, 4) is 5.75 Å². The number of anilines is 1. The van der Waals surface area contributed by atoms with Crippen molar-refractivity contribution in [1.29, 1.82) is 0 Å². The van der Waals surface area contributed by atoms with Crippen LogP contribution in [0.3, 0.4) is 0 Å². The van der Waals surface area contributed by atoms with Gasteiger partial charge in [-0.3, -0.25) is 4.79 Å². The van der Waals surface area contributed by atoms with Crippen molar-refractivity contribution in [1.82, 2.24) is 15.6 Å². The zero-order chi connectivity index (χ0) is 20.4. The highest BCUT2D eigenvalue weighted by molar-refractivity contribution is 6.33. The number of benzene rings is 2. The van der Waals surface area contributed by atoms with Gasteiger partial charge in [0, 0.05) is 25.9 Å². The van der Waals surface area contributed by atoms with Crippen molar-refractivity contribution in [2.75, 3.05) is 18.1 Å². The number of hydrogen-bond donors (Lipinski definition) is 2. The van der Waals surface area contributed by atoms with Gasteiger partial charge in [-0.25, -0.2) is 15.2 Å². The molecule has 2 aromatic carbocycles. The molecule has 2 fully saturated rings. The minimum atomic E-state index is -0.587. The second-order valence-corrected chi connectivity index (χ2v) is 7.72. The number of hydrogen-bond acceptors (Lipinski definition) is 4. The highest BCUT2D eigenvalue weighted by Crippen LogP contribution is 2.31. The molecule has 1 spiro atoms. The maximum absolute atomic E-state index is 12.8. The van der Waals surface area contributed by atoms with Gasteiger partial charge in [0.05, 0.1) is 10.7 Å². The van der Waals surface area contributed by atoms with Gasteiger partial charge in [-0.05, 0) is 31.2 Å². The van der Waals surface area contributed by atoms with E-state index in [1.807, 2.05) is 42.5 Å². The maximum atomic E-state index is 12.8. The van der Waals surface area contributed by atoms with E-state index in [0.29, 0.717) is 42.4 Å². The fraction of sp³-hybridized carbons (Fsp3) is 0.333. The van der Waals surface area contributed by atoms with Crippen LogP contribution in [-0.2, 0) is 4.79 Å². The average molecular weight is 415 g/mol. The molecule has 0 aliphatic carbocycles. The standard InChI is InChI=1S/C21H23ClN4O3/c1-15(29-16-7-3-2-4-8-16)19(27)25-13-11-21(12-14-25)23-20(28)26(24-21)18-10-6-5-9-17(18)22/h2-10,15,24H,11-14H2,1H3,(H,23,28)/t15-/m1/s1. The summed E-state index contributed by atoms with van der Waals surface area (Å²) in [5.41, 5.74) is 3.28. The molecule has 8 heteroatoms. The summed E-state index contributed by atoms with van der Waals surface area (Å²) < 4.78 is 5.75. The van der Waals surface area contributed by atoms with Gasteiger partial charge in [0.2, 0.25) is 0 Å². The molecule has 4 rings (SSSR count). The summed E-state index contributed by atoms with van der Waals surface area (Å²) in [5.74, 6) is 0.609. The second-order valence-electron chi connectivity index (χ2n) is 7.31. The summed E-state index contributed by atoms with van der Waals surface area (Å²) in [6.07, 6.45) is 0.602. The van der Waals surface area contributed by atoms with E-state index < -0.39 is 11.8 Å². The van der Waals surface area contributed by atoms with Crippen molar-refractivity contribution in [3.63, 3.8) is 0 Å². The molecule has 7 nitrogen and oxygen atoms in total. The minimum Gasteiger partial charge on any atom is -0.481 e. The molecular weight excluding hydrogens is 392 g/mol. The number of piperidine rings is 1. The Bertz CT molecular complexity index is 900. The number of urea groups is 1. The number of likely N-dealkylation sites (tertiary alicyclic amines) is 1. The number of carbonyl (C=O) groups excluding carboxylic acids is 2. The molecule has 2 aliphatic heterocycles. The van der Waals surface area contributed by atoms with Crippen LogP contribution in [-0.4, -0.2) is 41.7 Å². The molecule has 1 atom stereocenters. The Morgan fingerprint density at radius 1 is 1.10 bits per heavy atom. The van der Waals surface area contributed by atoms with Crippen LogP contribution in [0.25, 0.3) is 0 Å². The van der Waals surface area contributed by atoms with Crippen LogP contribution >= 0.6 is 11.6 Å². The third kappa shape index (κ3) is 4.02. The first-order valence-corrected chi connectivity index (χ1v) is 10.0. The lowest BCUT2D eigenvalue weighted by Gasteiger charge is -2.39. The lowest BCUT2D eigenvalue weighted by Crippen LogP contribution is -2.59. The molecule has 29 heavy (non-hydrogen) atoms. The zero-order valence-electron chi connectivity index (χ0n) is 16.1. The van der Waals surface area contributed by atoms with E-state index in [2.05, 4.69) is 10.7 Å². The van der Waals surface area contributed by atoms with Crippen LogP contribution in [0.1, 0.15) is 19.8 Å². The smallest absolute Gasteiger partial charge is 0.338 e. The summed E-state index contributed by atoms with van der Waals surface area (Å²) in [7, 11) is 0. The fourth-order valence-corrected chi connectivity index (χ4v) is 3.93. The van der Waals surface area contributed by atoms with Crippen LogP contribution in [0.4, 0.5) is 10.5 Å². The van der Waals surface area contributed by atoms with E-state index in [1.165, 1.54) is 5.01 Å². The molecule has 0 radical (unpaired) electrons. The topological polar surface area (TPSA) is 73.9 Å². The molecule has 0 saturated carbocycles. The Balaban J connectivity index is 1.37. The van der Waals surface area contributed by atoms with E-state index in [-0.39, 0.29) is 11.9 Å². The predicted octanol–water partition coefficient (Wildman–Crippen LogP) is 3.16. The molecule has 2 heterocycles. The van der Waals surface area contributed by atoms with Gasteiger partial charge >= 0.3 is 6.03 Å².